The van der Waals surface area contributed by atoms with E-state index < -0.39 is 6.04 Å². The first-order chi connectivity index (χ1) is 11.3. The molecule has 0 amide bonds. The molecule has 1 atom stereocenters. The SMILES string of the molecule is CCC(N=O)c1ccc(-c2ccccc2)c(-c2ccccc2)n1. The molecule has 3 nitrogen and oxygen atoms in total. The lowest BCUT2D eigenvalue weighted by Crippen LogP contribution is -2.00. The van der Waals surface area contributed by atoms with Crippen molar-refractivity contribution >= 4 is 0 Å². The summed E-state index contributed by atoms with van der Waals surface area (Å²) in [5.74, 6) is 0. The fourth-order valence-corrected chi connectivity index (χ4v) is 2.66. The van der Waals surface area contributed by atoms with E-state index in [1.165, 1.54) is 0 Å². The lowest BCUT2D eigenvalue weighted by Gasteiger charge is -2.13. The van der Waals surface area contributed by atoms with Crippen molar-refractivity contribution < 1.29 is 0 Å². The molecule has 1 unspecified atom stereocenters. The Labute approximate surface area is 136 Å². The first-order valence-corrected chi connectivity index (χ1v) is 7.77. The number of nitroso groups, excluding NO2 is 1. The van der Waals surface area contributed by atoms with Crippen molar-refractivity contribution in [3.63, 3.8) is 0 Å². The van der Waals surface area contributed by atoms with Crippen LogP contribution in [0, 0.1) is 4.91 Å². The van der Waals surface area contributed by atoms with Crippen LogP contribution in [0.2, 0.25) is 0 Å². The summed E-state index contributed by atoms with van der Waals surface area (Å²) >= 11 is 0. The van der Waals surface area contributed by atoms with Crippen LogP contribution in [0.15, 0.2) is 78.0 Å². The van der Waals surface area contributed by atoms with Gasteiger partial charge in [-0.05, 0) is 18.1 Å². The summed E-state index contributed by atoms with van der Waals surface area (Å²) in [6.45, 7) is 1.95. The third-order valence-electron chi connectivity index (χ3n) is 3.90. The number of nitrogens with zero attached hydrogens (tertiary/aromatic N) is 2. The minimum Gasteiger partial charge on any atom is -0.250 e. The van der Waals surface area contributed by atoms with Gasteiger partial charge in [0, 0.05) is 11.1 Å². The molecule has 1 heterocycles. The van der Waals surface area contributed by atoms with Crippen molar-refractivity contribution in [2.45, 2.75) is 19.4 Å². The van der Waals surface area contributed by atoms with Gasteiger partial charge in [0.1, 0.15) is 6.04 Å². The highest BCUT2D eigenvalue weighted by molar-refractivity contribution is 5.80. The van der Waals surface area contributed by atoms with Gasteiger partial charge in [0.15, 0.2) is 0 Å². The second-order valence-corrected chi connectivity index (χ2v) is 5.39. The summed E-state index contributed by atoms with van der Waals surface area (Å²) < 4.78 is 0. The fourth-order valence-electron chi connectivity index (χ4n) is 2.66. The number of aromatic nitrogens is 1. The normalized spacial score (nSPS) is 11.9. The first kappa shape index (κ1) is 15.1. The largest absolute Gasteiger partial charge is 0.250 e. The van der Waals surface area contributed by atoms with E-state index in [1.54, 1.807) is 0 Å². The first-order valence-electron chi connectivity index (χ1n) is 7.77. The van der Waals surface area contributed by atoms with Gasteiger partial charge in [-0.25, -0.2) is 4.98 Å². The van der Waals surface area contributed by atoms with E-state index in [4.69, 9.17) is 4.98 Å². The van der Waals surface area contributed by atoms with Crippen LogP contribution < -0.4 is 0 Å². The number of hydrogen-bond acceptors (Lipinski definition) is 3. The molecule has 1 aromatic heterocycles. The predicted molar refractivity (Wildman–Crippen MR) is 93.9 cm³/mol. The van der Waals surface area contributed by atoms with Crippen molar-refractivity contribution in [1.29, 1.82) is 0 Å². The van der Waals surface area contributed by atoms with Crippen LogP contribution >= 0.6 is 0 Å². The van der Waals surface area contributed by atoms with Crippen LogP contribution in [0.25, 0.3) is 22.4 Å². The highest BCUT2D eigenvalue weighted by Gasteiger charge is 2.15. The molecule has 0 bridgehead atoms. The summed E-state index contributed by atoms with van der Waals surface area (Å²) in [5, 5.41) is 3.20. The van der Waals surface area contributed by atoms with E-state index in [1.807, 2.05) is 67.6 Å². The van der Waals surface area contributed by atoms with Crippen LogP contribution in [0.4, 0.5) is 0 Å². The smallest absolute Gasteiger partial charge is 0.134 e. The van der Waals surface area contributed by atoms with Crippen molar-refractivity contribution in [3.05, 3.63) is 83.4 Å². The molecule has 0 radical (unpaired) electrons. The summed E-state index contributed by atoms with van der Waals surface area (Å²) in [6.07, 6.45) is 0.648. The second-order valence-electron chi connectivity index (χ2n) is 5.39. The standard InChI is InChI=1S/C20H18N2O/c1-2-18(22-23)19-14-13-17(15-9-5-3-6-10-15)20(21-19)16-11-7-4-8-12-16/h3-14,18H,2H2,1H3. The minimum absolute atomic E-state index is 0.401. The van der Waals surface area contributed by atoms with Gasteiger partial charge >= 0.3 is 0 Å². The quantitative estimate of drug-likeness (QED) is 0.573. The molecule has 3 rings (SSSR count). The topological polar surface area (TPSA) is 42.3 Å². The molecule has 3 aromatic rings. The molecule has 0 aliphatic heterocycles. The Kier molecular flexibility index (Phi) is 4.57. The Balaban J connectivity index is 2.18. The lowest BCUT2D eigenvalue weighted by molar-refractivity contribution is 0.673. The van der Waals surface area contributed by atoms with E-state index in [9.17, 15) is 4.91 Å². The number of hydrogen-bond donors (Lipinski definition) is 0. The van der Waals surface area contributed by atoms with E-state index in [0.717, 1.165) is 28.1 Å². The summed E-state index contributed by atoms with van der Waals surface area (Å²) in [4.78, 5) is 15.8. The Bertz CT molecular complexity index is 785. The molecule has 23 heavy (non-hydrogen) atoms. The van der Waals surface area contributed by atoms with Gasteiger partial charge in [-0.3, -0.25) is 0 Å². The third kappa shape index (κ3) is 3.19. The molecular formula is C20H18N2O. The Morgan fingerprint density at radius 1 is 0.870 bits per heavy atom. The minimum atomic E-state index is -0.401. The molecule has 0 saturated carbocycles. The zero-order chi connectivity index (χ0) is 16.1. The van der Waals surface area contributed by atoms with Crippen molar-refractivity contribution in [3.8, 4) is 22.4 Å². The molecule has 0 aliphatic carbocycles. The number of pyridine rings is 1. The molecule has 0 fully saturated rings. The van der Waals surface area contributed by atoms with Crippen molar-refractivity contribution in [2.75, 3.05) is 0 Å². The van der Waals surface area contributed by atoms with E-state index in [0.29, 0.717) is 6.42 Å². The van der Waals surface area contributed by atoms with E-state index in [2.05, 4.69) is 17.3 Å². The molecule has 3 heteroatoms. The number of benzene rings is 2. The lowest BCUT2D eigenvalue weighted by atomic mass is 9.98. The van der Waals surface area contributed by atoms with Gasteiger partial charge in [-0.1, -0.05) is 78.8 Å². The molecule has 0 spiro atoms. The Morgan fingerprint density at radius 2 is 1.48 bits per heavy atom. The summed E-state index contributed by atoms with van der Waals surface area (Å²) in [7, 11) is 0. The average molecular weight is 302 g/mol. The second kappa shape index (κ2) is 6.97. The van der Waals surface area contributed by atoms with Gasteiger partial charge in [-0.15, -0.1) is 0 Å². The molecule has 0 saturated heterocycles. The Morgan fingerprint density at radius 3 is 2.04 bits per heavy atom. The monoisotopic (exact) mass is 302 g/mol. The Hall–Kier alpha value is -2.81. The maximum atomic E-state index is 11.0. The summed E-state index contributed by atoms with van der Waals surface area (Å²) in [5.41, 5.74) is 4.81. The maximum Gasteiger partial charge on any atom is 0.134 e. The average Bonchev–Trinajstić information content (AvgIpc) is 2.64. The van der Waals surface area contributed by atoms with Gasteiger partial charge in [-0.2, -0.15) is 4.91 Å². The van der Waals surface area contributed by atoms with E-state index in [-0.39, 0.29) is 0 Å². The number of rotatable bonds is 5. The fraction of sp³-hybridized carbons (Fsp3) is 0.150. The van der Waals surface area contributed by atoms with Crippen molar-refractivity contribution in [2.24, 2.45) is 5.18 Å². The molecule has 0 aliphatic rings. The third-order valence-corrected chi connectivity index (χ3v) is 3.90. The van der Waals surface area contributed by atoms with Crippen LogP contribution in [-0.2, 0) is 0 Å². The molecule has 114 valence electrons. The zero-order valence-electron chi connectivity index (χ0n) is 13.0. The van der Waals surface area contributed by atoms with Gasteiger partial charge < -0.3 is 0 Å². The highest BCUT2D eigenvalue weighted by Crippen LogP contribution is 2.32. The zero-order valence-corrected chi connectivity index (χ0v) is 13.0. The molecule has 0 N–H and O–H groups in total. The van der Waals surface area contributed by atoms with Crippen LogP contribution in [0.5, 0.6) is 0 Å². The van der Waals surface area contributed by atoms with Gasteiger partial charge in [0.2, 0.25) is 0 Å². The molecular weight excluding hydrogens is 284 g/mol. The van der Waals surface area contributed by atoms with Gasteiger partial charge in [0.25, 0.3) is 0 Å². The van der Waals surface area contributed by atoms with Crippen LogP contribution in [-0.4, -0.2) is 4.98 Å². The maximum absolute atomic E-state index is 11.0. The van der Waals surface area contributed by atoms with E-state index >= 15 is 0 Å². The van der Waals surface area contributed by atoms with Crippen LogP contribution in [0.1, 0.15) is 25.1 Å². The molecule has 2 aromatic carbocycles. The van der Waals surface area contributed by atoms with Gasteiger partial charge in [0.05, 0.1) is 11.4 Å². The highest BCUT2D eigenvalue weighted by atomic mass is 16.3. The van der Waals surface area contributed by atoms with Crippen molar-refractivity contribution in [1.82, 2.24) is 4.98 Å². The summed E-state index contributed by atoms with van der Waals surface area (Å²) in [6, 6.07) is 23.7. The van der Waals surface area contributed by atoms with Crippen LogP contribution in [0.3, 0.4) is 0 Å². The predicted octanol–water partition coefficient (Wildman–Crippen LogP) is 5.63.